The number of rotatable bonds is 5. The van der Waals surface area contributed by atoms with E-state index in [4.69, 9.17) is 4.74 Å². The molecule has 0 unspecified atom stereocenters. The zero-order chi connectivity index (χ0) is 10.9. The van der Waals surface area contributed by atoms with Crippen molar-refractivity contribution in [1.82, 2.24) is 0 Å². The van der Waals surface area contributed by atoms with E-state index in [1.807, 2.05) is 6.26 Å². The summed E-state index contributed by atoms with van der Waals surface area (Å²) < 4.78 is 4.96. The molecule has 15 heavy (non-hydrogen) atoms. The maximum absolute atomic E-state index is 4.96. The molecule has 1 rings (SSSR count). The van der Waals surface area contributed by atoms with Crippen LogP contribution < -0.4 is 0 Å². The number of methoxy groups -OCH3 is 1. The van der Waals surface area contributed by atoms with E-state index in [1.165, 1.54) is 38.5 Å². The molecule has 0 N–H and O–H groups in total. The Bertz CT molecular complexity index is 197. The second-order valence-corrected chi connectivity index (χ2v) is 4.46. The molecule has 0 spiro atoms. The van der Waals surface area contributed by atoms with E-state index in [0.717, 1.165) is 11.8 Å². The monoisotopic (exact) mass is 208 g/mol. The van der Waals surface area contributed by atoms with Gasteiger partial charge in [-0.25, -0.2) is 0 Å². The molecule has 0 saturated heterocycles. The van der Waals surface area contributed by atoms with Gasteiger partial charge in [-0.15, -0.1) is 0 Å². The van der Waals surface area contributed by atoms with Crippen molar-refractivity contribution in [3.63, 3.8) is 0 Å². The molecule has 1 heteroatoms. The van der Waals surface area contributed by atoms with Crippen molar-refractivity contribution in [3.05, 3.63) is 24.5 Å². The Labute approximate surface area is 94.2 Å². The van der Waals surface area contributed by atoms with Crippen LogP contribution in [-0.2, 0) is 4.74 Å². The molecule has 0 aromatic carbocycles. The highest BCUT2D eigenvalue weighted by Gasteiger charge is 2.17. The van der Waals surface area contributed by atoms with E-state index in [0.29, 0.717) is 0 Å². The number of hydrogen-bond donors (Lipinski definition) is 0. The minimum absolute atomic E-state index is 0.751. The van der Waals surface area contributed by atoms with Gasteiger partial charge in [-0.05, 0) is 50.0 Å². The van der Waals surface area contributed by atoms with Crippen molar-refractivity contribution in [2.45, 2.75) is 45.4 Å². The first kappa shape index (κ1) is 12.4. The molecule has 0 radical (unpaired) electrons. The lowest BCUT2D eigenvalue weighted by atomic mass is 9.82. The van der Waals surface area contributed by atoms with Crippen LogP contribution in [0.25, 0.3) is 0 Å². The van der Waals surface area contributed by atoms with Crippen molar-refractivity contribution >= 4 is 0 Å². The summed E-state index contributed by atoms with van der Waals surface area (Å²) in [6, 6.07) is 0. The molecular weight excluding hydrogens is 184 g/mol. The van der Waals surface area contributed by atoms with Crippen LogP contribution in [0.3, 0.4) is 0 Å². The first-order valence-corrected chi connectivity index (χ1v) is 6.23. The van der Waals surface area contributed by atoms with Crippen molar-refractivity contribution < 1.29 is 4.74 Å². The van der Waals surface area contributed by atoms with Gasteiger partial charge in [-0.2, -0.15) is 0 Å². The SMILES string of the molecule is CCC/C=C/C1CCC(/C=C/OC)CC1. The van der Waals surface area contributed by atoms with Crippen molar-refractivity contribution in [2.75, 3.05) is 7.11 Å². The summed E-state index contributed by atoms with van der Waals surface area (Å²) in [5.41, 5.74) is 0. The van der Waals surface area contributed by atoms with Crippen molar-refractivity contribution in [2.24, 2.45) is 11.8 Å². The number of ether oxygens (including phenoxy) is 1. The van der Waals surface area contributed by atoms with E-state index >= 15 is 0 Å². The van der Waals surface area contributed by atoms with Gasteiger partial charge in [0.15, 0.2) is 0 Å². The summed E-state index contributed by atoms with van der Waals surface area (Å²) in [4.78, 5) is 0. The van der Waals surface area contributed by atoms with E-state index in [-0.39, 0.29) is 0 Å². The quantitative estimate of drug-likeness (QED) is 0.483. The molecule has 0 aliphatic heterocycles. The van der Waals surface area contributed by atoms with Gasteiger partial charge in [0.2, 0.25) is 0 Å². The molecular formula is C14H24O. The van der Waals surface area contributed by atoms with Crippen LogP contribution in [0.1, 0.15) is 45.4 Å². The fraction of sp³-hybridized carbons (Fsp3) is 0.714. The van der Waals surface area contributed by atoms with Gasteiger partial charge in [0.1, 0.15) is 0 Å². The molecule has 0 atom stereocenters. The van der Waals surface area contributed by atoms with Crippen LogP contribution in [0.2, 0.25) is 0 Å². The summed E-state index contributed by atoms with van der Waals surface area (Å²) in [7, 11) is 1.72. The van der Waals surface area contributed by atoms with Crippen LogP contribution in [0, 0.1) is 11.8 Å². The predicted molar refractivity (Wildman–Crippen MR) is 65.6 cm³/mol. The Morgan fingerprint density at radius 1 is 1.07 bits per heavy atom. The van der Waals surface area contributed by atoms with Gasteiger partial charge in [-0.1, -0.05) is 25.5 Å². The third kappa shape index (κ3) is 5.06. The molecule has 86 valence electrons. The normalized spacial score (nSPS) is 27.6. The zero-order valence-electron chi connectivity index (χ0n) is 10.1. The maximum atomic E-state index is 4.96. The standard InChI is InChI=1S/C14H24O/c1-3-4-5-6-13-7-9-14(10-8-13)11-12-15-2/h5-6,11-14H,3-4,7-10H2,1-2H3/b6-5+,12-11+. The lowest BCUT2D eigenvalue weighted by molar-refractivity contribution is 0.317. The van der Waals surface area contributed by atoms with Crippen molar-refractivity contribution in [3.8, 4) is 0 Å². The third-order valence-corrected chi connectivity index (χ3v) is 3.17. The van der Waals surface area contributed by atoms with Gasteiger partial charge in [0, 0.05) is 0 Å². The molecule has 1 aliphatic rings. The number of hydrogen-bond acceptors (Lipinski definition) is 1. The Kier molecular flexibility index (Phi) is 6.22. The van der Waals surface area contributed by atoms with Gasteiger partial charge in [-0.3, -0.25) is 0 Å². The lowest BCUT2D eigenvalue weighted by Gasteiger charge is -2.24. The Balaban J connectivity index is 2.20. The fourth-order valence-electron chi connectivity index (χ4n) is 2.17. The molecule has 1 aliphatic carbocycles. The Morgan fingerprint density at radius 2 is 1.67 bits per heavy atom. The average molecular weight is 208 g/mol. The van der Waals surface area contributed by atoms with Gasteiger partial charge >= 0.3 is 0 Å². The molecule has 0 aromatic rings. The Hall–Kier alpha value is -0.720. The molecule has 1 saturated carbocycles. The molecule has 0 amide bonds. The van der Waals surface area contributed by atoms with Crippen LogP contribution in [0.5, 0.6) is 0 Å². The number of allylic oxidation sites excluding steroid dienone is 3. The highest BCUT2D eigenvalue weighted by Crippen LogP contribution is 2.30. The van der Waals surface area contributed by atoms with Crippen LogP contribution in [-0.4, -0.2) is 7.11 Å². The van der Waals surface area contributed by atoms with E-state index < -0.39 is 0 Å². The van der Waals surface area contributed by atoms with E-state index in [1.54, 1.807) is 7.11 Å². The fourth-order valence-corrected chi connectivity index (χ4v) is 2.17. The highest BCUT2D eigenvalue weighted by molar-refractivity contribution is 4.94. The molecule has 0 bridgehead atoms. The van der Waals surface area contributed by atoms with Gasteiger partial charge in [0.05, 0.1) is 13.4 Å². The maximum Gasteiger partial charge on any atom is 0.0787 e. The molecule has 0 heterocycles. The average Bonchev–Trinajstić information content (AvgIpc) is 2.28. The van der Waals surface area contributed by atoms with E-state index in [2.05, 4.69) is 25.2 Å². The van der Waals surface area contributed by atoms with Gasteiger partial charge < -0.3 is 4.74 Å². The number of unbranched alkanes of at least 4 members (excludes halogenated alkanes) is 1. The lowest BCUT2D eigenvalue weighted by Crippen LogP contribution is -2.11. The molecule has 1 fully saturated rings. The second kappa shape index (κ2) is 7.56. The first-order valence-electron chi connectivity index (χ1n) is 6.23. The minimum atomic E-state index is 0.751. The van der Waals surface area contributed by atoms with Crippen LogP contribution in [0.15, 0.2) is 24.5 Å². The summed E-state index contributed by atoms with van der Waals surface area (Å²) in [5, 5.41) is 0. The minimum Gasteiger partial charge on any atom is -0.505 e. The summed E-state index contributed by atoms with van der Waals surface area (Å²) in [5.74, 6) is 1.59. The van der Waals surface area contributed by atoms with Gasteiger partial charge in [0.25, 0.3) is 0 Å². The van der Waals surface area contributed by atoms with Crippen LogP contribution >= 0.6 is 0 Å². The largest absolute Gasteiger partial charge is 0.505 e. The third-order valence-electron chi connectivity index (χ3n) is 3.17. The molecule has 0 aromatic heterocycles. The summed E-state index contributed by atoms with van der Waals surface area (Å²) >= 11 is 0. The topological polar surface area (TPSA) is 9.23 Å². The van der Waals surface area contributed by atoms with Crippen LogP contribution in [0.4, 0.5) is 0 Å². The Morgan fingerprint density at radius 3 is 2.20 bits per heavy atom. The van der Waals surface area contributed by atoms with Crippen molar-refractivity contribution in [1.29, 1.82) is 0 Å². The first-order chi connectivity index (χ1) is 7.36. The summed E-state index contributed by atoms with van der Waals surface area (Å²) in [6.45, 7) is 2.23. The summed E-state index contributed by atoms with van der Waals surface area (Å²) in [6.07, 6.45) is 16.7. The smallest absolute Gasteiger partial charge is 0.0787 e. The predicted octanol–water partition coefficient (Wildman–Crippen LogP) is 4.31. The second-order valence-electron chi connectivity index (χ2n) is 4.46. The molecule has 1 nitrogen and oxygen atoms in total. The van der Waals surface area contributed by atoms with E-state index in [9.17, 15) is 0 Å². The zero-order valence-corrected chi connectivity index (χ0v) is 10.1. The highest BCUT2D eigenvalue weighted by atomic mass is 16.5.